The fourth-order valence-electron chi connectivity index (χ4n) is 3.50. The van der Waals surface area contributed by atoms with Crippen molar-refractivity contribution < 1.29 is 24.1 Å². The molecular weight excluding hydrogens is 384 g/mol. The highest BCUT2D eigenvalue weighted by Crippen LogP contribution is 2.33. The minimum Gasteiger partial charge on any atom is -0.507 e. The molecule has 0 radical (unpaired) electrons. The van der Waals surface area contributed by atoms with Crippen molar-refractivity contribution in [2.45, 2.75) is 13.0 Å². The lowest BCUT2D eigenvalue weighted by Gasteiger charge is -2.34. The van der Waals surface area contributed by atoms with Crippen LogP contribution in [-0.4, -0.2) is 69.9 Å². The molecule has 1 saturated heterocycles. The SMILES string of the molecule is CCOc1ccc([C@H](CN=Cc2cc(OC)ccc2O)N2CCOCC2)cc1OC. The van der Waals surface area contributed by atoms with Crippen molar-refractivity contribution in [2.75, 3.05) is 53.7 Å². The van der Waals surface area contributed by atoms with Gasteiger partial charge in [-0.1, -0.05) is 6.07 Å². The number of aliphatic imine (C=N–C) groups is 1. The predicted octanol–water partition coefficient (Wildman–Crippen LogP) is 3.30. The Bertz CT molecular complexity index is 849. The van der Waals surface area contributed by atoms with Crippen LogP contribution in [0.25, 0.3) is 0 Å². The highest BCUT2D eigenvalue weighted by molar-refractivity contribution is 5.84. The Morgan fingerprint density at radius 1 is 1.10 bits per heavy atom. The standard InChI is InChI=1S/C23H30N2O5/c1-4-30-22-8-5-17(14-23(22)28-3)20(25-9-11-29-12-10-25)16-24-15-18-13-19(27-2)6-7-21(18)26/h5-8,13-15,20,26H,4,9-12,16H2,1-3H3/t20-/m0/s1. The molecule has 1 aliphatic rings. The maximum absolute atomic E-state index is 10.1. The maximum atomic E-state index is 10.1. The molecule has 0 bridgehead atoms. The molecule has 2 aromatic rings. The Kier molecular flexibility index (Phi) is 7.93. The average molecular weight is 415 g/mol. The molecule has 30 heavy (non-hydrogen) atoms. The number of phenols is 1. The molecule has 162 valence electrons. The van der Waals surface area contributed by atoms with E-state index < -0.39 is 0 Å². The summed E-state index contributed by atoms with van der Waals surface area (Å²) in [5, 5.41) is 10.1. The van der Waals surface area contributed by atoms with E-state index in [2.05, 4.69) is 16.0 Å². The van der Waals surface area contributed by atoms with Gasteiger partial charge in [0, 0.05) is 24.9 Å². The van der Waals surface area contributed by atoms with E-state index in [1.807, 2.05) is 19.1 Å². The minimum atomic E-state index is 0.0578. The molecule has 0 aromatic heterocycles. The van der Waals surface area contributed by atoms with Crippen LogP contribution in [-0.2, 0) is 4.74 Å². The van der Waals surface area contributed by atoms with E-state index in [0.717, 1.165) is 24.4 Å². The Labute approximate surface area is 177 Å². The van der Waals surface area contributed by atoms with Gasteiger partial charge in [-0.25, -0.2) is 0 Å². The highest BCUT2D eigenvalue weighted by atomic mass is 16.5. The monoisotopic (exact) mass is 414 g/mol. The normalized spacial score (nSPS) is 15.8. The fraction of sp³-hybridized carbons (Fsp3) is 0.435. The lowest BCUT2D eigenvalue weighted by atomic mass is 10.0. The summed E-state index contributed by atoms with van der Waals surface area (Å²) in [6.45, 7) is 6.13. The van der Waals surface area contributed by atoms with Gasteiger partial charge in [0.25, 0.3) is 0 Å². The summed E-state index contributed by atoms with van der Waals surface area (Å²) in [7, 11) is 3.25. The summed E-state index contributed by atoms with van der Waals surface area (Å²) in [6, 6.07) is 11.2. The van der Waals surface area contributed by atoms with Crippen LogP contribution >= 0.6 is 0 Å². The van der Waals surface area contributed by atoms with Crippen molar-refractivity contribution >= 4 is 6.21 Å². The van der Waals surface area contributed by atoms with Crippen LogP contribution in [0.1, 0.15) is 24.1 Å². The molecule has 2 aromatic carbocycles. The highest BCUT2D eigenvalue weighted by Gasteiger charge is 2.23. The minimum absolute atomic E-state index is 0.0578. The van der Waals surface area contributed by atoms with Gasteiger partial charge in [0.1, 0.15) is 11.5 Å². The van der Waals surface area contributed by atoms with E-state index in [9.17, 15) is 5.11 Å². The third-order valence-corrected chi connectivity index (χ3v) is 5.10. The summed E-state index contributed by atoms with van der Waals surface area (Å²) < 4.78 is 22.0. The van der Waals surface area contributed by atoms with E-state index in [0.29, 0.717) is 43.4 Å². The van der Waals surface area contributed by atoms with Crippen LogP contribution < -0.4 is 14.2 Å². The first-order chi connectivity index (χ1) is 14.7. The van der Waals surface area contributed by atoms with Crippen molar-refractivity contribution in [3.63, 3.8) is 0 Å². The Hall–Kier alpha value is -2.77. The molecule has 7 nitrogen and oxygen atoms in total. The summed E-state index contributed by atoms with van der Waals surface area (Å²) in [4.78, 5) is 7.01. The van der Waals surface area contributed by atoms with E-state index in [1.165, 1.54) is 0 Å². The molecule has 0 spiro atoms. The van der Waals surface area contributed by atoms with Crippen molar-refractivity contribution in [2.24, 2.45) is 4.99 Å². The number of methoxy groups -OCH3 is 2. The topological polar surface area (TPSA) is 72.8 Å². The molecule has 0 unspecified atom stereocenters. The zero-order valence-corrected chi connectivity index (χ0v) is 17.8. The average Bonchev–Trinajstić information content (AvgIpc) is 2.79. The fourth-order valence-corrected chi connectivity index (χ4v) is 3.50. The number of aromatic hydroxyl groups is 1. The molecule has 0 saturated carbocycles. The number of phenolic OH excluding ortho intramolecular Hbond substituents is 1. The molecule has 7 heteroatoms. The van der Waals surface area contributed by atoms with Crippen molar-refractivity contribution in [3.8, 4) is 23.0 Å². The number of rotatable bonds is 9. The largest absolute Gasteiger partial charge is 0.507 e. The molecule has 1 aliphatic heterocycles. The predicted molar refractivity (Wildman–Crippen MR) is 116 cm³/mol. The van der Waals surface area contributed by atoms with E-state index in [-0.39, 0.29) is 11.8 Å². The van der Waals surface area contributed by atoms with Crippen LogP contribution in [0, 0.1) is 0 Å². The first-order valence-corrected chi connectivity index (χ1v) is 10.2. The van der Waals surface area contributed by atoms with Gasteiger partial charge < -0.3 is 24.1 Å². The van der Waals surface area contributed by atoms with Gasteiger partial charge in [-0.05, 0) is 42.8 Å². The molecule has 1 heterocycles. The van der Waals surface area contributed by atoms with Gasteiger partial charge in [-0.2, -0.15) is 0 Å². The van der Waals surface area contributed by atoms with Gasteiger partial charge in [0.15, 0.2) is 11.5 Å². The Morgan fingerprint density at radius 3 is 2.60 bits per heavy atom. The summed E-state index contributed by atoms with van der Waals surface area (Å²) in [6.07, 6.45) is 1.69. The van der Waals surface area contributed by atoms with E-state index in [1.54, 1.807) is 38.6 Å². The second kappa shape index (κ2) is 10.8. The molecule has 1 atom stereocenters. The molecule has 1 fully saturated rings. The van der Waals surface area contributed by atoms with Crippen LogP contribution in [0.4, 0.5) is 0 Å². The third kappa shape index (κ3) is 5.43. The number of hydrogen-bond acceptors (Lipinski definition) is 7. The Morgan fingerprint density at radius 2 is 1.90 bits per heavy atom. The van der Waals surface area contributed by atoms with Crippen molar-refractivity contribution in [1.29, 1.82) is 0 Å². The van der Waals surface area contributed by atoms with E-state index >= 15 is 0 Å². The first-order valence-electron chi connectivity index (χ1n) is 10.2. The summed E-state index contributed by atoms with van der Waals surface area (Å²) >= 11 is 0. The van der Waals surface area contributed by atoms with Gasteiger partial charge >= 0.3 is 0 Å². The summed E-state index contributed by atoms with van der Waals surface area (Å²) in [5.41, 5.74) is 1.73. The third-order valence-electron chi connectivity index (χ3n) is 5.10. The number of benzene rings is 2. The number of ether oxygens (including phenoxy) is 4. The van der Waals surface area contributed by atoms with Crippen molar-refractivity contribution in [3.05, 3.63) is 47.5 Å². The van der Waals surface area contributed by atoms with Crippen LogP contribution in [0.3, 0.4) is 0 Å². The van der Waals surface area contributed by atoms with Crippen LogP contribution in [0.5, 0.6) is 23.0 Å². The quantitative estimate of drug-likeness (QED) is 0.635. The van der Waals surface area contributed by atoms with Crippen LogP contribution in [0.2, 0.25) is 0 Å². The molecule has 0 amide bonds. The van der Waals surface area contributed by atoms with Crippen molar-refractivity contribution in [1.82, 2.24) is 4.90 Å². The number of morpholine rings is 1. The Balaban J connectivity index is 1.84. The maximum Gasteiger partial charge on any atom is 0.161 e. The first kappa shape index (κ1) is 21.9. The lowest BCUT2D eigenvalue weighted by Crippen LogP contribution is -2.40. The molecule has 1 N–H and O–H groups in total. The summed E-state index contributed by atoms with van der Waals surface area (Å²) in [5.74, 6) is 2.29. The molecule has 0 aliphatic carbocycles. The number of hydrogen-bond donors (Lipinski definition) is 1. The van der Waals surface area contributed by atoms with E-state index in [4.69, 9.17) is 18.9 Å². The smallest absolute Gasteiger partial charge is 0.161 e. The van der Waals surface area contributed by atoms with Crippen LogP contribution in [0.15, 0.2) is 41.4 Å². The van der Waals surface area contributed by atoms with Gasteiger partial charge in [-0.15, -0.1) is 0 Å². The second-order valence-corrected chi connectivity index (χ2v) is 6.93. The zero-order valence-electron chi connectivity index (χ0n) is 17.8. The second-order valence-electron chi connectivity index (χ2n) is 6.93. The molecular formula is C23H30N2O5. The van der Waals surface area contributed by atoms with Gasteiger partial charge in [-0.3, -0.25) is 9.89 Å². The number of nitrogens with zero attached hydrogens (tertiary/aromatic N) is 2. The molecule has 3 rings (SSSR count). The van der Waals surface area contributed by atoms with Gasteiger partial charge in [0.05, 0.1) is 46.6 Å². The zero-order chi connectivity index (χ0) is 21.3. The lowest BCUT2D eigenvalue weighted by molar-refractivity contribution is 0.0180. The van der Waals surface area contributed by atoms with Gasteiger partial charge in [0.2, 0.25) is 0 Å².